The van der Waals surface area contributed by atoms with E-state index in [0.29, 0.717) is 5.92 Å². The lowest BCUT2D eigenvalue weighted by Gasteiger charge is -2.21. The van der Waals surface area contributed by atoms with E-state index in [1.807, 2.05) is 6.07 Å². The fourth-order valence-corrected chi connectivity index (χ4v) is 3.40. The highest BCUT2D eigenvalue weighted by Gasteiger charge is 2.16. The first-order valence-corrected chi connectivity index (χ1v) is 10.2. The van der Waals surface area contributed by atoms with E-state index in [-0.39, 0.29) is 5.60 Å². The van der Waals surface area contributed by atoms with Crippen molar-refractivity contribution in [2.75, 3.05) is 6.54 Å². The fourth-order valence-electron chi connectivity index (χ4n) is 3.40. The highest BCUT2D eigenvalue weighted by molar-refractivity contribution is 5.27. The van der Waals surface area contributed by atoms with E-state index >= 15 is 0 Å². The molecule has 0 spiro atoms. The zero-order valence-corrected chi connectivity index (χ0v) is 17.2. The van der Waals surface area contributed by atoms with Crippen LogP contribution in [0.1, 0.15) is 50.0 Å². The molecular formula is C25H32NO2+. The second-order valence-electron chi connectivity index (χ2n) is 8.33. The van der Waals surface area contributed by atoms with Gasteiger partial charge in [-0.2, -0.15) is 0 Å². The second-order valence-corrected chi connectivity index (χ2v) is 8.33. The maximum Gasteiger partial charge on any atom is 0.120 e. The molecule has 2 N–H and O–H groups in total. The highest BCUT2D eigenvalue weighted by atomic mass is 16.5. The Bertz CT molecular complexity index is 802. The Balaban J connectivity index is 1.49. The van der Waals surface area contributed by atoms with Gasteiger partial charge in [-0.25, -0.2) is 0 Å². The summed E-state index contributed by atoms with van der Waals surface area (Å²) in [5.74, 6) is 2.43. The van der Waals surface area contributed by atoms with Crippen molar-refractivity contribution >= 4 is 0 Å². The lowest BCUT2D eigenvalue weighted by molar-refractivity contribution is -0.671. The first-order valence-electron chi connectivity index (χ1n) is 10.2. The molecule has 148 valence electrons. The van der Waals surface area contributed by atoms with Crippen molar-refractivity contribution in [1.82, 2.24) is 0 Å². The number of ether oxygens (including phenoxy) is 1. The van der Waals surface area contributed by atoms with Gasteiger partial charge in [0.25, 0.3) is 0 Å². The molecule has 0 aliphatic heterocycles. The molecule has 28 heavy (non-hydrogen) atoms. The second kappa shape index (κ2) is 9.61. The Morgan fingerprint density at radius 2 is 1.64 bits per heavy atom. The van der Waals surface area contributed by atoms with Gasteiger partial charge in [-0.1, -0.05) is 30.3 Å². The minimum absolute atomic E-state index is 0.159. The average molecular weight is 379 g/mol. The SMILES string of the molecule is CC(C)(C)Oc1ccc(C[NH2+]CC[C@H](Cc2ccccc2)c2ccco2)cc1. The number of hydrogen-bond donors (Lipinski definition) is 1. The number of benzene rings is 2. The Morgan fingerprint density at radius 1 is 0.893 bits per heavy atom. The van der Waals surface area contributed by atoms with Crippen LogP contribution in [0.4, 0.5) is 0 Å². The maximum atomic E-state index is 5.89. The van der Waals surface area contributed by atoms with Crippen LogP contribution < -0.4 is 10.1 Å². The predicted octanol–water partition coefficient (Wildman–Crippen LogP) is 4.94. The number of furan rings is 1. The van der Waals surface area contributed by atoms with Crippen molar-refractivity contribution in [3.63, 3.8) is 0 Å². The summed E-state index contributed by atoms with van der Waals surface area (Å²) in [6.45, 7) is 8.25. The smallest absolute Gasteiger partial charge is 0.120 e. The van der Waals surface area contributed by atoms with E-state index < -0.39 is 0 Å². The summed E-state index contributed by atoms with van der Waals surface area (Å²) in [6, 6.07) is 23.2. The normalized spacial score (nSPS) is 12.7. The summed E-state index contributed by atoms with van der Waals surface area (Å²) in [5, 5.41) is 2.38. The van der Waals surface area contributed by atoms with Crippen molar-refractivity contribution < 1.29 is 14.5 Å². The van der Waals surface area contributed by atoms with E-state index in [4.69, 9.17) is 9.15 Å². The molecular weight excluding hydrogens is 346 g/mol. The molecule has 2 aromatic carbocycles. The van der Waals surface area contributed by atoms with Gasteiger partial charge in [0.2, 0.25) is 0 Å². The van der Waals surface area contributed by atoms with Crippen LogP contribution in [0.5, 0.6) is 5.75 Å². The predicted molar refractivity (Wildman–Crippen MR) is 114 cm³/mol. The monoisotopic (exact) mass is 378 g/mol. The Hall–Kier alpha value is -2.52. The van der Waals surface area contributed by atoms with Crippen molar-refractivity contribution in [2.45, 2.75) is 51.7 Å². The van der Waals surface area contributed by atoms with Gasteiger partial charge in [0.1, 0.15) is 23.7 Å². The first kappa shape index (κ1) is 20.2. The molecule has 3 nitrogen and oxygen atoms in total. The van der Waals surface area contributed by atoms with Crippen molar-refractivity contribution in [1.29, 1.82) is 0 Å². The van der Waals surface area contributed by atoms with E-state index in [2.05, 4.69) is 86.8 Å². The molecule has 0 radical (unpaired) electrons. The summed E-state index contributed by atoms with van der Waals surface area (Å²) >= 11 is 0. The standard InChI is InChI=1S/C25H31NO2/c1-25(2,3)28-23-13-11-21(12-14-23)19-26-16-15-22(24-10-7-17-27-24)18-20-8-5-4-6-9-20/h4-14,17,22,26H,15-16,18-19H2,1-3H3/p+1/t22-/m1/s1. The van der Waals surface area contributed by atoms with Crippen molar-refractivity contribution in [2.24, 2.45) is 0 Å². The van der Waals surface area contributed by atoms with E-state index in [1.54, 1.807) is 6.26 Å². The van der Waals surface area contributed by atoms with Crippen LogP contribution in [0.25, 0.3) is 0 Å². The largest absolute Gasteiger partial charge is 0.488 e. The van der Waals surface area contributed by atoms with E-state index in [0.717, 1.165) is 37.4 Å². The molecule has 3 heteroatoms. The van der Waals surface area contributed by atoms with Crippen LogP contribution in [0.15, 0.2) is 77.4 Å². The number of rotatable bonds is 9. The van der Waals surface area contributed by atoms with Crippen LogP contribution in [-0.2, 0) is 13.0 Å². The minimum atomic E-state index is -0.159. The van der Waals surface area contributed by atoms with Crippen molar-refractivity contribution in [3.05, 3.63) is 89.9 Å². The summed E-state index contributed by atoms with van der Waals surface area (Å²) in [7, 11) is 0. The van der Waals surface area contributed by atoms with Crippen LogP contribution in [0.3, 0.4) is 0 Å². The Labute approximate surface area is 168 Å². The molecule has 1 atom stereocenters. The molecule has 0 aliphatic rings. The number of hydrogen-bond acceptors (Lipinski definition) is 2. The molecule has 1 heterocycles. The Morgan fingerprint density at radius 3 is 2.29 bits per heavy atom. The summed E-state index contributed by atoms with van der Waals surface area (Å²) in [5.41, 5.74) is 2.52. The van der Waals surface area contributed by atoms with Crippen LogP contribution in [-0.4, -0.2) is 12.1 Å². The van der Waals surface area contributed by atoms with Gasteiger partial charge in [-0.05, 0) is 69.2 Å². The van der Waals surface area contributed by atoms with Gasteiger partial charge < -0.3 is 14.5 Å². The molecule has 0 saturated heterocycles. The third-order valence-corrected chi connectivity index (χ3v) is 4.72. The van der Waals surface area contributed by atoms with Crippen LogP contribution in [0.2, 0.25) is 0 Å². The average Bonchev–Trinajstić information content (AvgIpc) is 3.20. The Kier molecular flexibility index (Phi) is 6.94. The lowest BCUT2D eigenvalue weighted by atomic mass is 9.94. The zero-order valence-electron chi connectivity index (χ0n) is 17.2. The van der Waals surface area contributed by atoms with E-state index in [9.17, 15) is 0 Å². The summed E-state index contributed by atoms with van der Waals surface area (Å²) in [4.78, 5) is 0. The highest BCUT2D eigenvalue weighted by Crippen LogP contribution is 2.24. The molecule has 0 fully saturated rings. The zero-order chi connectivity index (χ0) is 19.8. The van der Waals surface area contributed by atoms with Gasteiger partial charge in [0.05, 0.1) is 12.8 Å². The molecule has 0 saturated carbocycles. The number of quaternary nitrogens is 1. The van der Waals surface area contributed by atoms with Crippen LogP contribution in [0, 0.1) is 0 Å². The lowest BCUT2D eigenvalue weighted by Crippen LogP contribution is -2.82. The molecule has 0 unspecified atom stereocenters. The van der Waals surface area contributed by atoms with Gasteiger partial charge >= 0.3 is 0 Å². The molecule has 1 aromatic heterocycles. The third-order valence-electron chi connectivity index (χ3n) is 4.72. The quantitative estimate of drug-likeness (QED) is 0.536. The third kappa shape index (κ3) is 6.58. The molecule has 0 aliphatic carbocycles. The van der Waals surface area contributed by atoms with Crippen molar-refractivity contribution in [3.8, 4) is 5.75 Å². The first-order chi connectivity index (χ1) is 13.5. The van der Waals surface area contributed by atoms with Gasteiger partial charge in [-0.3, -0.25) is 0 Å². The van der Waals surface area contributed by atoms with Gasteiger partial charge in [0.15, 0.2) is 0 Å². The topological polar surface area (TPSA) is 39.0 Å². The van der Waals surface area contributed by atoms with Crippen LogP contribution >= 0.6 is 0 Å². The summed E-state index contributed by atoms with van der Waals surface area (Å²) in [6.07, 6.45) is 3.88. The minimum Gasteiger partial charge on any atom is -0.488 e. The summed E-state index contributed by atoms with van der Waals surface area (Å²) < 4.78 is 11.6. The molecule has 3 aromatic rings. The van der Waals surface area contributed by atoms with Gasteiger partial charge in [0, 0.05) is 17.9 Å². The maximum absolute atomic E-state index is 5.89. The molecule has 3 rings (SSSR count). The molecule has 0 amide bonds. The van der Waals surface area contributed by atoms with E-state index in [1.165, 1.54) is 11.1 Å². The molecule has 0 bridgehead atoms. The van der Waals surface area contributed by atoms with Gasteiger partial charge in [-0.15, -0.1) is 0 Å². The number of nitrogens with two attached hydrogens (primary N) is 1. The fraction of sp³-hybridized carbons (Fsp3) is 0.360.